The van der Waals surface area contributed by atoms with Gasteiger partial charge in [0, 0.05) is 41.0 Å². The summed E-state index contributed by atoms with van der Waals surface area (Å²) in [6.07, 6.45) is 1.43. The molecule has 0 saturated heterocycles. The van der Waals surface area contributed by atoms with Crippen LogP contribution in [-0.4, -0.2) is 28.2 Å². The van der Waals surface area contributed by atoms with E-state index < -0.39 is 27.3 Å². The Morgan fingerprint density at radius 3 is 2.30 bits per heavy atom. The van der Waals surface area contributed by atoms with Gasteiger partial charge in [-0.15, -0.1) is 0 Å². The molecule has 0 aliphatic heterocycles. The zero-order chi connectivity index (χ0) is 19.7. The number of unbranched alkanes of at least 4 members (excludes halogenated alkanes) is 1. The molecule has 3 rings (SSSR count). The summed E-state index contributed by atoms with van der Waals surface area (Å²) < 4.78 is 5.16. The molecule has 9 nitrogen and oxygen atoms in total. The minimum atomic E-state index is -0.776. The minimum Gasteiger partial charge on any atom is -0.462 e. The van der Waals surface area contributed by atoms with Gasteiger partial charge >= 0.3 is 5.97 Å². The Balaban J connectivity index is 2.18. The van der Waals surface area contributed by atoms with Gasteiger partial charge in [0.1, 0.15) is 0 Å². The molecule has 0 heterocycles. The molecule has 0 spiro atoms. The smallest absolute Gasteiger partial charge is 0.339 e. The number of ketones is 1. The zero-order valence-electron chi connectivity index (χ0n) is 14.3. The number of ether oxygens (including phenoxy) is 1. The lowest BCUT2D eigenvalue weighted by Gasteiger charge is -2.09. The maximum atomic E-state index is 12.7. The van der Waals surface area contributed by atoms with E-state index in [1.54, 1.807) is 0 Å². The SMILES string of the molecule is CCCCOC(=O)c1cc([N+](=O)[O-])cc2c1-c1ccc([N+](=O)[O-])cc1C2=O. The summed E-state index contributed by atoms with van der Waals surface area (Å²) in [6.45, 7) is 2.06. The summed E-state index contributed by atoms with van der Waals surface area (Å²) >= 11 is 0. The second kappa shape index (κ2) is 6.94. The number of hydrogen-bond acceptors (Lipinski definition) is 7. The first-order valence-corrected chi connectivity index (χ1v) is 8.18. The summed E-state index contributed by atoms with van der Waals surface area (Å²) in [4.78, 5) is 46.0. The van der Waals surface area contributed by atoms with Crippen LogP contribution in [0, 0.1) is 20.2 Å². The van der Waals surface area contributed by atoms with Crippen molar-refractivity contribution >= 4 is 23.1 Å². The minimum absolute atomic E-state index is 0.0299. The lowest BCUT2D eigenvalue weighted by atomic mass is 9.98. The third kappa shape index (κ3) is 3.14. The van der Waals surface area contributed by atoms with Crippen LogP contribution < -0.4 is 0 Å². The predicted molar refractivity (Wildman–Crippen MR) is 93.8 cm³/mol. The number of non-ortho nitro benzene ring substituents is 2. The molecule has 9 heteroatoms. The fourth-order valence-electron chi connectivity index (χ4n) is 2.95. The number of carbonyl (C=O) groups is 2. The number of benzene rings is 2. The standard InChI is InChI=1S/C18H14N2O7/c1-2-3-6-27-18(22)15-9-11(20(25)26)8-14-16(15)12-5-4-10(19(23)24)7-13(12)17(14)21/h4-5,7-9H,2-3,6H2,1H3. The molecule has 1 aliphatic carbocycles. The van der Waals surface area contributed by atoms with E-state index in [4.69, 9.17) is 4.74 Å². The van der Waals surface area contributed by atoms with E-state index >= 15 is 0 Å². The highest BCUT2D eigenvalue weighted by Gasteiger charge is 2.35. The maximum Gasteiger partial charge on any atom is 0.339 e. The van der Waals surface area contributed by atoms with Gasteiger partial charge in [-0.3, -0.25) is 25.0 Å². The van der Waals surface area contributed by atoms with Gasteiger partial charge in [-0.2, -0.15) is 0 Å². The zero-order valence-corrected chi connectivity index (χ0v) is 14.3. The largest absolute Gasteiger partial charge is 0.462 e. The van der Waals surface area contributed by atoms with Gasteiger partial charge in [-0.25, -0.2) is 4.79 Å². The molecule has 0 radical (unpaired) electrons. The Bertz CT molecular complexity index is 997. The molecule has 2 aromatic carbocycles. The fraction of sp³-hybridized carbons (Fsp3) is 0.222. The Kier molecular flexibility index (Phi) is 4.68. The molecular weight excluding hydrogens is 356 g/mol. The summed E-state index contributed by atoms with van der Waals surface area (Å²) in [6, 6.07) is 5.83. The number of rotatable bonds is 6. The second-order valence-electron chi connectivity index (χ2n) is 5.98. The normalized spacial score (nSPS) is 11.7. The number of nitrogens with zero attached hydrogens (tertiary/aromatic N) is 2. The van der Waals surface area contributed by atoms with Crippen molar-refractivity contribution in [1.29, 1.82) is 0 Å². The number of esters is 1. The predicted octanol–water partition coefficient (Wildman–Crippen LogP) is 3.67. The van der Waals surface area contributed by atoms with Crippen LogP contribution in [0.1, 0.15) is 46.0 Å². The average molecular weight is 370 g/mol. The van der Waals surface area contributed by atoms with Crippen LogP contribution in [-0.2, 0) is 4.74 Å². The monoisotopic (exact) mass is 370 g/mol. The first-order chi connectivity index (χ1) is 12.8. The van der Waals surface area contributed by atoms with Crippen LogP contribution >= 0.6 is 0 Å². The van der Waals surface area contributed by atoms with Crippen molar-refractivity contribution in [3.05, 3.63) is 67.3 Å². The van der Waals surface area contributed by atoms with Crippen LogP contribution in [0.25, 0.3) is 11.1 Å². The molecule has 0 unspecified atom stereocenters. The van der Waals surface area contributed by atoms with Gasteiger partial charge in [0.2, 0.25) is 0 Å². The third-order valence-electron chi connectivity index (χ3n) is 4.26. The highest BCUT2D eigenvalue weighted by atomic mass is 16.6. The number of hydrogen-bond donors (Lipinski definition) is 0. The molecule has 1 aliphatic rings. The number of carbonyl (C=O) groups excluding carboxylic acids is 2. The number of fused-ring (bicyclic) bond motifs is 3. The first kappa shape index (κ1) is 18.2. The van der Waals surface area contributed by atoms with Gasteiger partial charge in [-0.1, -0.05) is 13.3 Å². The van der Waals surface area contributed by atoms with E-state index in [0.29, 0.717) is 12.0 Å². The van der Waals surface area contributed by atoms with Crippen LogP contribution in [0.15, 0.2) is 30.3 Å². The van der Waals surface area contributed by atoms with Gasteiger partial charge in [0.05, 0.1) is 22.0 Å². The highest BCUT2D eigenvalue weighted by molar-refractivity contribution is 6.24. The maximum absolute atomic E-state index is 12.7. The van der Waals surface area contributed by atoms with Crippen LogP contribution in [0.5, 0.6) is 0 Å². The molecule has 138 valence electrons. The molecule has 0 bridgehead atoms. The molecule has 0 amide bonds. The Morgan fingerprint density at radius 1 is 1.00 bits per heavy atom. The van der Waals surface area contributed by atoms with E-state index in [-0.39, 0.29) is 34.5 Å². The molecule has 0 atom stereocenters. The van der Waals surface area contributed by atoms with Crippen molar-refractivity contribution < 1.29 is 24.2 Å². The van der Waals surface area contributed by atoms with Crippen LogP contribution in [0.2, 0.25) is 0 Å². The van der Waals surface area contributed by atoms with Crippen molar-refractivity contribution in [2.45, 2.75) is 19.8 Å². The molecule has 0 N–H and O–H groups in total. The summed E-state index contributed by atoms with van der Waals surface area (Å²) in [5.41, 5.74) is -0.293. The Labute approximate surface area is 152 Å². The summed E-state index contributed by atoms with van der Waals surface area (Å²) in [5, 5.41) is 22.2. The third-order valence-corrected chi connectivity index (χ3v) is 4.26. The van der Waals surface area contributed by atoms with E-state index in [9.17, 15) is 29.8 Å². The van der Waals surface area contributed by atoms with E-state index in [2.05, 4.69) is 0 Å². The highest BCUT2D eigenvalue weighted by Crippen LogP contribution is 2.42. The topological polar surface area (TPSA) is 130 Å². The van der Waals surface area contributed by atoms with Crippen molar-refractivity contribution in [2.75, 3.05) is 6.61 Å². The quantitative estimate of drug-likeness (QED) is 0.280. The Hall–Kier alpha value is -3.62. The molecular formula is C18H14N2O7. The fourth-order valence-corrected chi connectivity index (χ4v) is 2.95. The van der Waals surface area contributed by atoms with E-state index in [0.717, 1.165) is 24.6 Å². The number of nitro benzene ring substituents is 2. The molecule has 27 heavy (non-hydrogen) atoms. The van der Waals surface area contributed by atoms with Crippen molar-refractivity contribution in [2.24, 2.45) is 0 Å². The molecule has 0 fully saturated rings. The lowest BCUT2D eigenvalue weighted by molar-refractivity contribution is -0.385. The summed E-state index contributed by atoms with van der Waals surface area (Å²) in [5.74, 6) is -1.38. The molecule has 2 aromatic rings. The van der Waals surface area contributed by atoms with Crippen molar-refractivity contribution in [3.63, 3.8) is 0 Å². The summed E-state index contributed by atoms with van der Waals surface area (Å²) in [7, 11) is 0. The van der Waals surface area contributed by atoms with Crippen molar-refractivity contribution in [3.8, 4) is 11.1 Å². The van der Waals surface area contributed by atoms with Crippen molar-refractivity contribution in [1.82, 2.24) is 0 Å². The lowest BCUT2D eigenvalue weighted by Crippen LogP contribution is -2.09. The second-order valence-corrected chi connectivity index (χ2v) is 5.98. The Morgan fingerprint density at radius 2 is 1.67 bits per heavy atom. The van der Waals surface area contributed by atoms with Gasteiger partial charge in [0.15, 0.2) is 5.78 Å². The van der Waals surface area contributed by atoms with Crippen LogP contribution in [0.3, 0.4) is 0 Å². The average Bonchev–Trinajstić information content (AvgIpc) is 2.93. The molecule has 0 aromatic heterocycles. The van der Waals surface area contributed by atoms with Gasteiger partial charge in [0.25, 0.3) is 11.4 Å². The van der Waals surface area contributed by atoms with E-state index in [1.165, 1.54) is 12.1 Å². The van der Waals surface area contributed by atoms with E-state index in [1.807, 2.05) is 6.92 Å². The van der Waals surface area contributed by atoms with Crippen LogP contribution in [0.4, 0.5) is 11.4 Å². The number of nitro groups is 2. The van der Waals surface area contributed by atoms with Gasteiger partial charge in [-0.05, 0) is 18.1 Å². The first-order valence-electron chi connectivity index (χ1n) is 8.18. The molecule has 0 saturated carbocycles. The van der Waals surface area contributed by atoms with Gasteiger partial charge < -0.3 is 4.74 Å².